The fourth-order valence-electron chi connectivity index (χ4n) is 2.59. The summed E-state index contributed by atoms with van der Waals surface area (Å²) in [4.78, 5) is 14.1. The molecule has 1 amide bonds. The van der Waals surface area contributed by atoms with Gasteiger partial charge in [-0.15, -0.1) is 13.2 Å². The molecule has 0 N–H and O–H groups in total. The molecular formula is C19H19ClF3NO2. The van der Waals surface area contributed by atoms with Gasteiger partial charge in [-0.1, -0.05) is 43.3 Å². The van der Waals surface area contributed by atoms with E-state index in [1.54, 1.807) is 17.1 Å². The molecule has 0 unspecified atom stereocenters. The highest BCUT2D eigenvalue weighted by atomic mass is 35.5. The Morgan fingerprint density at radius 2 is 2.00 bits per heavy atom. The smallest absolute Gasteiger partial charge is 0.406 e. The van der Waals surface area contributed by atoms with Crippen LogP contribution >= 0.6 is 11.6 Å². The summed E-state index contributed by atoms with van der Waals surface area (Å²) in [6, 6.07) is 5.47. The summed E-state index contributed by atoms with van der Waals surface area (Å²) in [6.45, 7) is 6.48. The highest BCUT2D eigenvalue weighted by Crippen LogP contribution is 2.27. The Morgan fingerprint density at radius 3 is 2.54 bits per heavy atom. The second kappa shape index (κ2) is 8.45. The van der Waals surface area contributed by atoms with Gasteiger partial charge in [0, 0.05) is 23.7 Å². The van der Waals surface area contributed by atoms with Crippen molar-refractivity contribution in [3.63, 3.8) is 0 Å². The first-order valence-electron chi connectivity index (χ1n) is 8.09. The molecule has 0 saturated carbocycles. The van der Waals surface area contributed by atoms with Crippen LogP contribution in [0.5, 0.6) is 5.75 Å². The summed E-state index contributed by atoms with van der Waals surface area (Å²) in [5.41, 5.74) is 2.19. The maximum absolute atomic E-state index is 12.5. The third-order valence-corrected chi connectivity index (χ3v) is 4.32. The number of nitrogens with zero attached hydrogens (tertiary/aromatic N) is 1. The fraction of sp³-hybridized carbons (Fsp3) is 0.316. The lowest BCUT2D eigenvalue weighted by Gasteiger charge is -2.16. The topological polar surface area (TPSA) is 29.5 Å². The van der Waals surface area contributed by atoms with Gasteiger partial charge < -0.3 is 9.64 Å². The summed E-state index contributed by atoms with van der Waals surface area (Å²) >= 11 is 6.27. The molecular weight excluding hydrogens is 367 g/mol. The van der Waals surface area contributed by atoms with Crippen LogP contribution in [0.25, 0.3) is 0 Å². The van der Waals surface area contributed by atoms with Crippen molar-refractivity contribution in [1.29, 1.82) is 0 Å². The molecule has 0 radical (unpaired) electrons. The number of ether oxygens (including phenoxy) is 1. The zero-order valence-electron chi connectivity index (χ0n) is 14.3. The van der Waals surface area contributed by atoms with Crippen LogP contribution < -0.4 is 4.74 Å². The predicted octanol–water partition coefficient (Wildman–Crippen LogP) is 5.33. The van der Waals surface area contributed by atoms with Crippen LogP contribution in [0.2, 0.25) is 0 Å². The third kappa shape index (κ3) is 5.39. The zero-order valence-corrected chi connectivity index (χ0v) is 15.0. The summed E-state index contributed by atoms with van der Waals surface area (Å²) < 4.78 is 40.4. The van der Waals surface area contributed by atoms with Crippen LogP contribution in [-0.2, 0) is 11.3 Å². The number of halogens is 4. The van der Waals surface area contributed by atoms with Crippen molar-refractivity contribution < 1.29 is 22.7 Å². The largest absolute Gasteiger partial charge is 0.573 e. The van der Waals surface area contributed by atoms with E-state index in [9.17, 15) is 18.0 Å². The Bertz CT molecular complexity index is 736. The molecule has 3 nitrogen and oxygen atoms in total. The molecule has 1 aliphatic rings. The lowest BCUT2D eigenvalue weighted by Crippen LogP contribution is -2.24. The predicted molar refractivity (Wildman–Crippen MR) is 94.6 cm³/mol. The van der Waals surface area contributed by atoms with Crippen molar-refractivity contribution in [2.24, 2.45) is 0 Å². The highest BCUT2D eigenvalue weighted by molar-refractivity contribution is 6.33. The van der Waals surface area contributed by atoms with Crippen LogP contribution in [0.3, 0.4) is 0 Å². The van der Waals surface area contributed by atoms with Crippen LogP contribution in [0.1, 0.15) is 25.3 Å². The van der Waals surface area contributed by atoms with E-state index in [2.05, 4.69) is 11.3 Å². The monoisotopic (exact) mass is 385 g/mol. The third-order valence-electron chi connectivity index (χ3n) is 3.98. The summed E-state index contributed by atoms with van der Waals surface area (Å²) in [7, 11) is 0. The van der Waals surface area contributed by atoms with Gasteiger partial charge in [0.1, 0.15) is 5.75 Å². The van der Waals surface area contributed by atoms with Crippen molar-refractivity contribution in [2.45, 2.75) is 32.7 Å². The quantitative estimate of drug-likeness (QED) is 0.489. The van der Waals surface area contributed by atoms with E-state index in [0.29, 0.717) is 35.7 Å². The van der Waals surface area contributed by atoms with Crippen molar-refractivity contribution in [2.75, 3.05) is 6.54 Å². The van der Waals surface area contributed by atoms with Gasteiger partial charge in [0.2, 0.25) is 0 Å². The number of carbonyl (C=O) groups excluding carboxylic acids is 1. The Morgan fingerprint density at radius 1 is 1.35 bits per heavy atom. The van der Waals surface area contributed by atoms with Gasteiger partial charge in [-0.05, 0) is 42.2 Å². The molecule has 1 saturated heterocycles. The van der Waals surface area contributed by atoms with Crippen molar-refractivity contribution in [3.8, 4) is 5.75 Å². The van der Waals surface area contributed by atoms with E-state index in [1.807, 2.05) is 6.92 Å². The van der Waals surface area contributed by atoms with Crippen molar-refractivity contribution >= 4 is 17.5 Å². The van der Waals surface area contributed by atoms with E-state index in [4.69, 9.17) is 11.6 Å². The minimum Gasteiger partial charge on any atom is -0.406 e. The van der Waals surface area contributed by atoms with Crippen molar-refractivity contribution in [1.82, 2.24) is 4.90 Å². The Balaban J connectivity index is 2.07. The standard InChI is InChI=1S/C19H19ClF3NO2/c1-3-13(4-2)11-17(20)16-9-10-24(18(16)25)12-14-5-7-15(8-6-14)26-19(21,22)23/h3,5-8,11H,1,4,9-10,12H2,2H3/b13-11+,17-16-. The molecule has 7 heteroatoms. The lowest BCUT2D eigenvalue weighted by molar-refractivity contribution is -0.274. The highest BCUT2D eigenvalue weighted by Gasteiger charge is 2.31. The average Bonchev–Trinajstić information content (AvgIpc) is 2.94. The summed E-state index contributed by atoms with van der Waals surface area (Å²) in [5, 5.41) is 0.406. The molecule has 140 valence electrons. The average molecular weight is 386 g/mol. The molecule has 1 aliphatic heterocycles. The van der Waals surface area contributed by atoms with Crippen molar-refractivity contribution in [3.05, 3.63) is 64.7 Å². The van der Waals surface area contributed by atoms with Gasteiger partial charge in [-0.25, -0.2) is 0 Å². The van der Waals surface area contributed by atoms with E-state index < -0.39 is 6.36 Å². The Labute approximate surface area is 155 Å². The SMILES string of the molecule is C=C/C(=C\C(Cl)=C1/CCN(Cc2ccc(OC(F)(F)F)cc2)C1=O)CC. The fourth-order valence-corrected chi connectivity index (χ4v) is 2.91. The van der Waals surface area contributed by atoms with Crippen LogP contribution in [0.4, 0.5) is 13.2 Å². The minimum absolute atomic E-state index is 0.165. The Kier molecular flexibility index (Phi) is 6.53. The number of alkyl halides is 3. The number of hydrogen-bond donors (Lipinski definition) is 0. The van der Waals surface area contributed by atoms with E-state index in [-0.39, 0.29) is 11.7 Å². The maximum atomic E-state index is 12.5. The molecule has 0 bridgehead atoms. The number of carbonyl (C=O) groups is 1. The number of rotatable bonds is 6. The second-order valence-electron chi connectivity index (χ2n) is 5.77. The van der Waals surface area contributed by atoms with E-state index >= 15 is 0 Å². The van der Waals surface area contributed by atoms with Gasteiger partial charge in [-0.3, -0.25) is 4.79 Å². The summed E-state index contributed by atoms with van der Waals surface area (Å²) in [6.07, 6.45) is 0.00721. The first-order valence-corrected chi connectivity index (χ1v) is 8.47. The van der Waals surface area contributed by atoms with Crippen LogP contribution in [-0.4, -0.2) is 23.7 Å². The normalized spacial score (nSPS) is 17.5. The second-order valence-corrected chi connectivity index (χ2v) is 6.18. The first kappa shape index (κ1) is 20.1. The van der Waals surface area contributed by atoms with Crippen LogP contribution in [0, 0.1) is 0 Å². The van der Waals surface area contributed by atoms with E-state index in [1.165, 1.54) is 24.3 Å². The van der Waals surface area contributed by atoms with Gasteiger partial charge in [0.25, 0.3) is 5.91 Å². The zero-order chi connectivity index (χ0) is 19.3. The molecule has 0 atom stereocenters. The molecule has 1 aromatic carbocycles. The molecule has 1 aromatic rings. The van der Waals surface area contributed by atoms with Gasteiger partial charge in [0.15, 0.2) is 0 Å². The first-order chi connectivity index (χ1) is 12.2. The summed E-state index contributed by atoms with van der Waals surface area (Å²) in [5.74, 6) is -0.458. The van der Waals surface area contributed by atoms with Gasteiger partial charge in [-0.2, -0.15) is 0 Å². The molecule has 0 aliphatic carbocycles. The molecule has 1 fully saturated rings. The van der Waals surface area contributed by atoms with Gasteiger partial charge >= 0.3 is 6.36 Å². The van der Waals surface area contributed by atoms with E-state index in [0.717, 1.165) is 12.0 Å². The Hall–Kier alpha value is -2.21. The number of benzene rings is 1. The van der Waals surface area contributed by atoms with Crippen LogP contribution in [0.15, 0.2) is 59.2 Å². The lowest BCUT2D eigenvalue weighted by atomic mass is 10.1. The molecule has 0 aromatic heterocycles. The number of amides is 1. The molecule has 2 rings (SSSR count). The number of allylic oxidation sites excluding steroid dienone is 4. The molecule has 26 heavy (non-hydrogen) atoms. The maximum Gasteiger partial charge on any atom is 0.573 e. The number of hydrogen-bond acceptors (Lipinski definition) is 2. The molecule has 0 spiro atoms. The van der Waals surface area contributed by atoms with Gasteiger partial charge in [0.05, 0.1) is 0 Å². The minimum atomic E-state index is -4.72. The number of likely N-dealkylation sites (tertiary alicyclic amines) is 1. The molecule has 1 heterocycles.